The van der Waals surface area contributed by atoms with Crippen molar-refractivity contribution in [1.82, 2.24) is 10.2 Å². The van der Waals surface area contributed by atoms with Gasteiger partial charge in [-0.25, -0.2) is 0 Å². The predicted octanol–water partition coefficient (Wildman–Crippen LogP) is 4.40. The van der Waals surface area contributed by atoms with Crippen molar-refractivity contribution in [3.63, 3.8) is 0 Å². The first kappa shape index (κ1) is 24.7. The average molecular weight is 491 g/mol. The van der Waals surface area contributed by atoms with Gasteiger partial charge in [-0.2, -0.15) is 0 Å². The Balaban J connectivity index is 2.22. The SMILES string of the molecule is CCNC(=O)[C@@H](CC)N(Cc1ccc(OC)cc1)C(=O)COc1cc(C)c(Br)c(C)c1. The lowest BCUT2D eigenvalue weighted by molar-refractivity contribution is -0.142. The zero-order valence-electron chi connectivity index (χ0n) is 18.8. The number of ether oxygens (including phenoxy) is 2. The number of carbonyl (C=O) groups is 2. The Morgan fingerprint density at radius 3 is 2.19 bits per heavy atom. The van der Waals surface area contributed by atoms with Crippen molar-refractivity contribution in [1.29, 1.82) is 0 Å². The third kappa shape index (κ3) is 6.72. The number of likely N-dealkylation sites (N-methyl/N-ethyl adjacent to an activating group) is 1. The standard InChI is InChI=1S/C24H31BrN2O4/c1-6-21(24(29)26-7-2)27(14-18-8-10-19(30-5)11-9-18)22(28)15-31-20-12-16(3)23(25)17(4)13-20/h8-13,21H,6-7,14-15H2,1-5H3,(H,26,29)/t21-/m1/s1. The molecule has 0 saturated carbocycles. The van der Waals surface area contributed by atoms with Crippen LogP contribution in [-0.4, -0.2) is 43.0 Å². The quantitative estimate of drug-likeness (QED) is 0.535. The van der Waals surface area contributed by atoms with Gasteiger partial charge in [0.15, 0.2) is 6.61 Å². The van der Waals surface area contributed by atoms with Gasteiger partial charge in [0.05, 0.1) is 7.11 Å². The van der Waals surface area contributed by atoms with E-state index in [1.54, 1.807) is 12.0 Å². The molecule has 0 spiro atoms. The van der Waals surface area contributed by atoms with Crippen LogP contribution >= 0.6 is 15.9 Å². The highest BCUT2D eigenvalue weighted by molar-refractivity contribution is 9.10. The number of halogens is 1. The average Bonchev–Trinajstić information content (AvgIpc) is 2.76. The molecule has 2 aromatic carbocycles. The molecule has 2 aromatic rings. The molecule has 0 fully saturated rings. The summed E-state index contributed by atoms with van der Waals surface area (Å²) in [4.78, 5) is 27.4. The van der Waals surface area contributed by atoms with Crippen LogP contribution in [0.5, 0.6) is 11.5 Å². The molecule has 6 nitrogen and oxygen atoms in total. The lowest BCUT2D eigenvalue weighted by Gasteiger charge is -2.30. The molecule has 1 N–H and O–H groups in total. The van der Waals surface area contributed by atoms with E-state index < -0.39 is 6.04 Å². The number of rotatable bonds is 10. The maximum Gasteiger partial charge on any atom is 0.261 e. The molecule has 0 saturated heterocycles. The fourth-order valence-corrected chi connectivity index (χ4v) is 3.59. The fourth-order valence-electron chi connectivity index (χ4n) is 3.36. The van der Waals surface area contributed by atoms with E-state index in [0.29, 0.717) is 25.3 Å². The highest BCUT2D eigenvalue weighted by Crippen LogP contribution is 2.26. The molecule has 7 heteroatoms. The predicted molar refractivity (Wildman–Crippen MR) is 125 cm³/mol. The molecule has 0 radical (unpaired) electrons. The lowest BCUT2D eigenvalue weighted by atomic mass is 10.1. The van der Waals surface area contributed by atoms with Crippen LogP contribution in [0.3, 0.4) is 0 Å². The number of hydrogen-bond donors (Lipinski definition) is 1. The van der Waals surface area contributed by atoms with Crippen LogP contribution in [0, 0.1) is 13.8 Å². The first-order valence-electron chi connectivity index (χ1n) is 10.4. The van der Waals surface area contributed by atoms with Crippen molar-refractivity contribution >= 4 is 27.7 Å². The molecule has 168 valence electrons. The summed E-state index contributed by atoms with van der Waals surface area (Å²) in [5.74, 6) is 0.957. The lowest BCUT2D eigenvalue weighted by Crippen LogP contribution is -2.50. The van der Waals surface area contributed by atoms with Crippen molar-refractivity contribution in [2.75, 3.05) is 20.3 Å². The topological polar surface area (TPSA) is 67.9 Å². The second kappa shape index (κ2) is 11.7. The molecule has 0 aromatic heterocycles. The van der Waals surface area contributed by atoms with E-state index in [2.05, 4.69) is 21.2 Å². The van der Waals surface area contributed by atoms with E-state index in [0.717, 1.165) is 26.9 Å². The van der Waals surface area contributed by atoms with E-state index in [9.17, 15) is 9.59 Å². The molecule has 0 aliphatic rings. The summed E-state index contributed by atoms with van der Waals surface area (Å²) >= 11 is 3.54. The largest absolute Gasteiger partial charge is 0.497 e. The summed E-state index contributed by atoms with van der Waals surface area (Å²) in [5.41, 5.74) is 2.98. The highest BCUT2D eigenvalue weighted by Gasteiger charge is 2.28. The number of nitrogens with one attached hydrogen (secondary N) is 1. The summed E-state index contributed by atoms with van der Waals surface area (Å²) in [6, 6.07) is 10.7. The van der Waals surface area contributed by atoms with Gasteiger partial charge in [-0.15, -0.1) is 0 Å². The number of hydrogen-bond acceptors (Lipinski definition) is 4. The van der Waals surface area contributed by atoms with Crippen molar-refractivity contribution in [3.8, 4) is 11.5 Å². The highest BCUT2D eigenvalue weighted by atomic mass is 79.9. The van der Waals surface area contributed by atoms with Crippen molar-refractivity contribution in [3.05, 3.63) is 57.6 Å². The molecule has 0 unspecified atom stereocenters. The van der Waals surface area contributed by atoms with Crippen LogP contribution in [0.4, 0.5) is 0 Å². The van der Waals surface area contributed by atoms with Crippen LogP contribution < -0.4 is 14.8 Å². The summed E-state index contributed by atoms with van der Waals surface area (Å²) in [5, 5.41) is 2.83. The molecular weight excluding hydrogens is 460 g/mol. The third-order valence-electron chi connectivity index (χ3n) is 5.02. The first-order valence-corrected chi connectivity index (χ1v) is 11.2. The van der Waals surface area contributed by atoms with E-state index in [1.807, 2.05) is 64.1 Å². The number of benzene rings is 2. The Morgan fingerprint density at radius 1 is 1.06 bits per heavy atom. The van der Waals surface area contributed by atoms with Crippen molar-refractivity contribution < 1.29 is 19.1 Å². The third-order valence-corrected chi connectivity index (χ3v) is 6.27. The maximum absolute atomic E-state index is 13.2. The van der Waals surface area contributed by atoms with E-state index in [-0.39, 0.29) is 18.4 Å². The summed E-state index contributed by atoms with van der Waals surface area (Å²) in [6.45, 7) is 8.38. The minimum atomic E-state index is -0.577. The van der Waals surface area contributed by atoms with Crippen molar-refractivity contribution in [2.24, 2.45) is 0 Å². The number of carbonyl (C=O) groups excluding carboxylic acids is 2. The molecule has 1 atom stereocenters. The molecule has 2 rings (SSSR count). The van der Waals surface area contributed by atoms with E-state index in [1.165, 1.54) is 0 Å². The van der Waals surface area contributed by atoms with Gasteiger partial charge in [0.1, 0.15) is 17.5 Å². The molecule has 0 aliphatic heterocycles. The van der Waals surface area contributed by atoms with Crippen LogP contribution in [0.15, 0.2) is 40.9 Å². The van der Waals surface area contributed by atoms with Gasteiger partial charge in [0, 0.05) is 17.6 Å². The van der Waals surface area contributed by atoms with Crippen molar-refractivity contribution in [2.45, 2.75) is 46.7 Å². The zero-order chi connectivity index (χ0) is 23.0. The van der Waals surface area contributed by atoms with Gasteiger partial charge in [0.25, 0.3) is 5.91 Å². The molecule has 31 heavy (non-hydrogen) atoms. The Kier molecular flexibility index (Phi) is 9.37. The van der Waals surface area contributed by atoms with Crippen LogP contribution in [0.2, 0.25) is 0 Å². The summed E-state index contributed by atoms with van der Waals surface area (Å²) in [6.07, 6.45) is 0.504. The summed E-state index contributed by atoms with van der Waals surface area (Å²) in [7, 11) is 1.61. The Bertz CT molecular complexity index is 876. The Morgan fingerprint density at radius 2 is 1.68 bits per heavy atom. The van der Waals surface area contributed by atoms with Gasteiger partial charge < -0.3 is 19.7 Å². The van der Waals surface area contributed by atoms with Gasteiger partial charge in [-0.1, -0.05) is 35.0 Å². The van der Waals surface area contributed by atoms with Crippen LogP contribution in [0.25, 0.3) is 0 Å². The smallest absolute Gasteiger partial charge is 0.261 e. The second-order valence-corrected chi connectivity index (χ2v) is 8.14. The van der Waals surface area contributed by atoms with Gasteiger partial charge in [-0.05, 0) is 68.1 Å². The zero-order valence-corrected chi connectivity index (χ0v) is 20.4. The normalized spacial score (nSPS) is 11.5. The molecule has 0 heterocycles. The Hall–Kier alpha value is -2.54. The van der Waals surface area contributed by atoms with Gasteiger partial charge >= 0.3 is 0 Å². The first-order chi connectivity index (χ1) is 14.8. The fraction of sp³-hybridized carbons (Fsp3) is 0.417. The minimum Gasteiger partial charge on any atom is -0.497 e. The van der Waals surface area contributed by atoms with E-state index in [4.69, 9.17) is 9.47 Å². The molecule has 0 bridgehead atoms. The van der Waals surface area contributed by atoms with Gasteiger partial charge in [0.2, 0.25) is 5.91 Å². The van der Waals surface area contributed by atoms with Gasteiger partial charge in [-0.3, -0.25) is 9.59 Å². The van der Waals surface area contributed by atoms with Crippen LogP contribution in [0.1, 0.15) is 37.0 Å². The minimum absolute atomic E-state index is 0.146. The molecule has 2 amide bonds. The Labute approximate surface area is 193 Å². The summed E-state index contributed by atoms with van der Waals surface area (Å²) < 4.78 is 12.0. The number of amides is 2. The van der Waals surface area contributed by atoms with Crippen LogP contribution in [-0.2, 0) is 16.1 Å². The monoisotopic (exact) mass is 490 g/mol. The number of nitrogens with zero attached hydrogens (tertiary/aromatic N) is 1. The number of methoxy groups -OCH3 is 1. The molecule has 0 aliphatic carbocycles. The number of aryl methyl sites for hydroxylation is 2. The second-order valence-electron chi connectivity index (χ2n) is 7.35. The maximum atomic E-state index is 13.2. The molecular formula is C24H31BrN2O4. The van der Waals surface area contributed by atoms with E-state index >= 15 is 0 Å².